The highest BCUT2D eigenvalue weighted by Gasteiger charge is 2.36. The summed E-state index contributed by atoms with van der Waals surface area (Å²) in [6.07, 6.45) is 1.28. The first-order valence-electron chi connectivity index (χ1n) is 12.1. The highest BCUT2D eigenvalue weighted by Crippen LogP contribution is 2.35. The lowest BCUT2D eigenvalue weighted by Gasteiger charge is -2.37. The van der Waals surface area contributed by atoms with Crippen molar-refractivity contribution >= 4 is 38.9 Å². The molecule has 1 amide bonds. The summed E-state index contributed by atoms with van der Waals surface area (Å²) in [7, 11) is -2.33. The summed E-state index contributed by atoms with van der Waals surface area (Å²) >= 11 is 7.63. The minimum absolute atomic E-state index is 0.111. The van der Waals surface area contributed by atoms with Gasteiger partial charge in [0, 0.05) is 22.5 Å². The maximum Gasteiger partial charge on any atom is 0.243 e. The molecule has 7 nitrogen and oxygen atoms in total. The molecule has 0 fully saturated rings. The number of fused-ring (bicyclic) bond motifs is 1. The number of halogens is 1. The van der Waals surface area contributed by atoms with Crippen LogP contribution in [0.5, 0.6) is 11.5 Å². The largest absolute Gasteiger partial charge is 0.493 e. The summed E-state index contributed by atoms with van der Waals surface area (Å²) in [5.41, 5.74) is 1.04. The number of ether oxygens (including phenoxy) is 2. The molecule has 0 spiro atoms. The van der Waals surface area contributed by atoms with Crippen molar-refractivity contribution < 1.29 is 22.7 Å². The molecule has 0 aliphatic carbocycles. The van der Waals surface area contributed by atoms with E-state index in [4.69, 9.17) is 21.1 Å². The van der Waals surface area contributed by atoms with Crippen LogP contribution in [0.3, 0.4) is 0 Å². The Labute approximate surface area is 227 Å². The topological polar surface area (TPSA) is 76.2 Å². The Morgan fingerprint density at radius 2 is 1.86 bits per heavy atom. The lowest BCUT2D eigenvalue weighted by molar-refractivity contribution is -0.135. The predicted octanol–water partition coefficient (Wildman–Crippen LogP) is 5.40. The van der Waals surface area contributed by atoms with Crippen molar-refractivity contribution in [3.8, 4) is 11.5 Å². The van der Waals surface area contributed by atoms with E-state index >= 15 is 0 Å². The number of carbonyl (C=O) groups excluding carboxylic acids is 1. The molecule has 0 saturated heterocycles. The molecule has 0 saturated carbocycles. The Kier molecular flexibility index (Phi) is 8.79. The molecule has 2 heterocycles. The van der Waals surface area contributed by atoms with Crippen LogP contribution in [0.15, 0.2) is 64.9 Å². The predicted molar refractivity (Wildman–Crippen MR) is 146 cm³/mol. The van der Waals surface area contributed by atoms with E-state index in [1.807, 2.05) is 49.6 Å². The standard InChI is InChI=1S/C27H31ClN2O5S2/c1-4-19(2)30(37(32,33)21-11-9-20(28)10-12-21)17-27(31)29-15-13-26-22(14-16-36-26)23(29)18-35-25-8-6-5-7-24(25)34-3/h5-12,14,16,19,23H,4,13,15,17-18H2,1-3H3/t19-,23-/m0/s1. The number of thiophene rings is 1. The zero-order chi connectivity index (χ0) is 26.6. The molecule has 2 aromatic carbocycles. The summed E-state index contributed by atoms with van der Waals surface area (Å²) in [6.45, 7) is 4.17. The molecule has 37 heavy (non-hydrogen) atoms. The number of carbonyl (C=O) groups is 1. The van der Waals surface area contributed by atoms with Crippen molar-refractivity contribution in [2.75, 3.05) is 26.8 Å². The Bertz CT molecular complexity index is 1330. The monoisotopic (exact) mass is 562 g/mol. The van der Waals surface area contributed by atoms with Crippen molar-refractivity contribution in [1.29, 1.82) is 0 Å². The van der Waals surface area contributed by atoms with Crippen molar-refractivity contribution in [2.45, 2.75) is 43.7 Å². The smallest absolute Gasteiger partial charge is 0.243 e. The van der Waals surface area contributed by atoms with Gasteiger partial charge < -0.3 is 14.4 Å². The Balaban J connectivity index is 1.60. The number of sulfonamides is 1. The summed E-state index contributed by atoms with van der Waals surface area (Å²) < 4.78 is 40.0. The van der Waals surface area contributed by atoms with E-state index < -0.39 is 10.0 Å². The van der Waals surface area contributed by atoms with E-state index in [9.17, 15) is 13.2 Å². The third-order valence-corrected chi connectivity index (χ3v) is 9.90. The first-order valence-corrected chi connectivity index (χ1v) is 14.8. The van der Waals surface area contributed by atoms with E-state index in [0.717, 1.165) is 12.0 Å². The fourth-order valence-electron chi connectivity index (χ4n) is 4.43. The number of benzene rings is 2. The maximum absolute atomic E-state index is 13.8. The Morgan fingerprint density at radius 1 is 1.16 bits per heavy atom. The van der Waals surface area contributed by atoms with Crippen LogP contribution in [0.1, 0.15) is 36.8 Å². The summed E-state index contributed by atoms with van der Waals surface area (Å²) in [6, 6.07) is 14.7. The van der Waals surface area contributed by atoms with Gasteiger partial charge in [-0.05, 0) is 73.2 Å². The van der Waals surface area contributed by atoms with Crippen molar-refractivity contribution in [3.63, 3.8) is 0 Å². The van der Waals surface area contributed by atoms with E-state index in [1.165, 1.54) is 21.3 Å². The first kappa shape index (κ1) is 27.4. The molecule has 4 rings (SSSR count). The van der Waals surface area contributed by atoms with Crippen LogP contribution in [-0.2, 0) is 21.2 Å². The summed E-state index contributed by atoms with van der Waals surface area (Å²) in [5.74, 6) is 0.938. The average Bonchev–Trinajstić information content (AvgIpc) is 3.39. The molecule has 1 aliphatic rings. The van der Waals surface area contributed by atoms with Crippen molar-refractivity contribution in [1.82, 2.24) is 9.21 Å². The van der Waals surface area contributed by atoms with Crippen LogP contribution in [0.2, 0.25) is 5.02 Å². The molecular weight excluding hydrogens is 532 g/mol. The molecule has 198 valence electrons. The van der Waals surface area contributed by atoms with Gasteiger partial charge in [0.05, 0.1) is 24.6 Å². The number of hydrogen-bond donors (Lipinski definition) is 0. The van der Waals surface area contributed by atoms with Crippen LogP contribution in [0.4, 0.5) is 0 Å². The van der Waals surface area contributed by atoms with Gasteiger partial charge >= 0.3 is 0 Å². The van der Waals surface area contributed by atoms with Gasteiger partial charge in [-0.3, -0.25) is 4.79 Å². The number of rotatable bonds is 10. The second-order valence-corrected chi connectivity index (χ2v) is 12.2. The van der Waals surface area contributed by atoms with Gasteiger partial charge in [0.2, 0.25) is 15.9 Å². The molecular formula is C27H31ClN2O5S2. The molecule has 0 bridgehead atoms. The second-order valence-electron chi connectivity index (χ2n) is 8.88. The van der Waals surface area contributed by atoms with E-state index in [2.05, 4.69) is 0 Å². The van der Waals surface area contributed by atoms with Crippen LogP contribution < -0.4 is 9.47 Å². The Hall–Kier alpha value is -2.59. The molecule has 10 heteroatoms. The van der Waals surface area contributed by atoms with Gasteiger partial charge in [-0.15, -0.1) is 11.3 Å². The van der Waals surface area contributed by atoms with E-state index in [0.29, 0.717) is 29.5 Å². The maximum atomic E-state index is 13.8. The fourth-order valence-corrected chi connectivity index (χ4v) is 7.14. The Morgan fingerprint density at radius 3 is 2.54 bits per heavy atom. The molecule has 1 aromatic heterocycles. The van der Waals surface area contributed by atoms with Gasteiger partial charge in [0.15, 0.2) is 11.5 Å². The number of nitrogens with zero attached hydrogens (tertiary/aromatic N) is 2. The molecule has 1 aliphatic heterocycles. The van der Waals surface area contributed by atoms with Gasteiger partial charge in [0.1, 0.15) is 6.61 Å². The number of hydrogen-bond acceptors (Lipinski definition) is 6. The number of amides is 1. The first-order chi connectivity index (χ1) is 17.8. The van der Waals surface area contributed by atoms with Crippen LogP contribution in [0, 0.1) is 0 Å². The van der Waals surface area contributed by atoms with Gasteiger partial charge in [-0.25, -0.2) is 8.42 Å². The molecule has 3 aromatic rings. The second kappa shape index (κ2) is 11.9. The van der Waals surface area contributed by atoms with Gasteiger partial charge in [-0.2, -0.15) is 4.31 Å². The average molecular weight is 563 g/mol. The number of para-hydroxylation sites is 2. The molecule has 0 radical (unpaired) electrons. The quantitative estimate of drug-likeness (QED) is 0.330. The zero-order valence-electron chi connectivity index (χ0n) is 21.1. The molecule has 0 unspecified atom stereocenters. The lowest BCUT2D eigenvalue weighted by atomic mass is 10.0. The minimum Gasteiger partial charge on any atom is -0.493 e. The third kappa shape index (κ3) is 5.95. The lowest BCUT2D eigenvalue weighted by Crippen LogP contribution is -2.49. The number of methoxy groups -OCH3 is 1. The highest BCUT2D eigenvalue weighted by atomic mass is 35.5. The normalized spacial score (nSPS) is 16.4. The van der Waals surface area contributed by atoms with Crippen LogP contribution in [0.25, 0.3) is 0 Å². The third-order valence-electron chi connectivity index (χ3n) is 6.67. The highest BCUT2D eigenvalue weighted by molar-refractivity contribution is 7.89. The summed E-state index contributed by atoms with van der Waals surface area (Å²) in [4.78, 5) is 16.8. The van der Waals surface area contributed by atoms with Crippen LogP contribution in [-0.4, -0.2) is 56.4 Å². The van der Waals surface area contributed by atoms with Crippen molar-refractivity contribution in [2.24, 2.45) is 0 Å². The molecule has 2 atom stereocenters. The van der Waals surface area contributed by atoms with Gasteiger partial charge in [0.25, 0.3) is 0 Å². The SMILES string of the molecule is CC[C@H](C)N(CC(=O)N1CCc2sccc2[C@@H]1COc1ccccc1OC)S(=O)(=O)c1ccc(Cl)cc1. The fraction of sp³-hybridized carbons (Fsp3) is 0.370. The van der Waals surface area contributed by atoms with Gasteiger partial charge in [-0.1, -0.05) is 30.7 Å². The van der Waals surface area contributed by atoms with Crippen molar-refractivity contribution in [3.05, 3.63) is 75.4 Å². The van der Waals surface area contributed by atoms with Crippen LogP contribution >= 0.6 is 22.9 Å². The minimum atomic E-state index is -3.91. The summed E-state index contributed by atoms with van der Waals surface area (Å²) in [5, 5.41) is 2.47. The van der Waals surface area contributed by atoms with E-state index in [1.54, 1.807) is 35.5 Å². The molecule has 0 N–H and O–H groups in total. The van der Waals surface area contributed by atoms with E-state index in [-0.39, 0.29) is 36.0 Å². The zero-order valence-corrected chi connectivity index (χ0v) is 23.5.